The van der Waals surface area contributed by atoms with Gasteiger partial charge in [-0.2, -0.15) is 5.10 Å². The second-order valence-corrected chi connectivity index (χ2v) is 7.86. The lowest BCUT2D eigenvalue weighted by Crippen LogP contribution is -2.28. The van der Waals surface area contributed by atoms with E-state index in [-0.39, 0.29) is 18.2 Å². The van der Waals surface area contributed by atoms with Crippen LogP contribution in [0.3, 0.4) is 0 Å². The maximum atomic E-state index is 13.3. The van der Waals surface area contributed by atoms with Crippen LogP contribution in [0.15, 0.2) is 65.3 Å². The van der Waals surface area contributed by atoms with Gasteiger partial charge >= 0.3 is 0 Å². The number of benzene rings is 2. The molecule has 30 heavy (non-hydrogen) atoms. The molecule has 2 aromatic carbocycles. The van der Waals surface area contributed by atoms with Gasteiger partial charge in [-0.1, -0.05) is 35.3 Å². The third kappa shape index (κ3) is 3.05. The highest BCUT2D eigenvalue weighted by molar-refractivity contribution is 6.31. The van der Waals surface area contributed by atoms with E-state index >= 15 is 0 Å². The number of carbonyl (C=O) groups excluding carboxylic acids is 1. The van der Waals surface area contributed by atoms with Gasteiger partial charge in [0.1, 0.15) is 22.9 Å². The third-order valence-corrected chi connectivity index (χ3v) is 5.66. The largest absolute Gasteiger partial charge is 0.507 e. The Labute approximate surface area is 181 Å². The molecule has 6 nitrogen and oxygen atoms in total. The quantitative estimate of drug-likeness (QED) is 0.444. The second kappa shape index (κ2) is 7.23. The number of aromatic nitrogens is 2. The van der Waals surface area contributed by atoms with Gasteiger partial charge in [0, 0.05) is 21.2 Å². The van der Waals surface area contributed by atoms with Gasteiger partial charge in [0.15, 0.2) is 0 Å². The molecule has 1 unspecified atom stereocenters. The van der Waals surface area contributed by atoms with Crippen molar-refractivity contribution in [2.24, 2.45) is 0 Å². The molecule has 5 rings (SSSR count). The van der Waals surface area contributed by atoms with E-state index in [1.54, 1.807) is 41.5 Å². The predicted molar refractivity (Wildman–Crippen MR) is 113 cm³/mol. The Balaban J connectivity index is 1.69. The molecule has 150 valence electrons. The number of aromatic hydroxyl groups is 1. The van der Waals surface area contributed by atoms with Crippen LogP contribution in [0.25, 0.3) is 11.3 Å². The first-order valence-electron chi connectivity index (χ1n) is 9.19. The van der Waals surface area contributed by atoms with Crippen LogP contribution in [-0.4, -0.2) is 26.1 Å². The van der Waals surface area contributed by atoms with Gasteiger partial charge in [0.2, 0.25) is 0 Å². The van der Waals surface area contributed by atoms with Crippen LogP contribution in [0.5, 0.6) is 5.75 Å². The molecule has 2 N–H and O–H groups in total. The number of carbonyl (C=O) groups is 1. The number of phenolic OH excluding ortho intramolecular Hbond substituents is 1. The van der Waals surface area contributed by atoms with E-state index in [9.17, 15) is 9.90 Å². The number of nitrogens with zero attached hydrogens (tertiary/aromatic N) is 2. The van der Waals surface area contributed by atoms with Crippen molar-refractivity contribution in [3.05, 3.63) is 93.5 Å². The zero-order valence-corrected chi connectivity index (χ0v) is 17.0. The van der Waals surface area contributed by atoms with Crippen molar-refractivity contribution in [3.8, 4) is 17.0 Å². The van der Waals surface area contributed by atoms with Gasteiger partial charge in [-0.05, 0) is 48.0 Å². The fraction of sp³-hybridized carbons (Fsp3) is 0.0909. The summed E-state index contributed by atoms with van der Waals surface area (Å²) >= 11 is 12.2. The molecule has 0 fully saturated rings. The molecule has 4 aromatic rings. The van der Waals surface area contributed by atoms with Crippen molar-refractivity contribution in [1.29, 1.82) is 0 Å². The molecule has 1 amide bonds. The highest BCUT2D eigenvalue weighted by Crippen LogP contribution is 2.45. The van der Waals surface area contributed by atoms with Crippen LogP contribution in [0.1, 0.15) is 33.4 Å². The van der Waals surface area contributed by atoms with Crippen LogP contribution in [0.2, 0.25) is 10.0 Å². The molecule has 0 radical (unpaired) electrons. The van der Waals surface area contributed by atoms with Crippen LogP contribution >= 0.6 is 23.2 Å². The fourth-order valence-corrected chi connectivity index (χ4v) is 4.12. The molecule has 8 heteroatoms. The number of phenols is 1. The summed E-state index contributed by atoms with van der Waals surface area (Å²) in [6.45, 7) is 0.280. The predicted octanol–water partition coefficient (Wildman–Crippen LogP) is 5.43. The summed E-state index contributed by atoms with van der Waals surface area (Å²) in [4.78, 5) is 15.0. The van der Waals surface area contributed by atoms with Crippen LogP contribution in [0, 0.1) is 0 Å². The number of aromatic amines is 1. The minimum absolute atomic E-state index is 0.0282. The van der Waals surface area contributed by atoms with E-state index in [0.29, 0.717) is 38.3 Å². The SMILES string of the molecule is O=C1c2[nH]nc(-c3cc(Cl)ccc3O)c2C(c2ccc(Cl)cc2)N1Cc1ccco1. The number of furan rings is 1. The zero-order valence-electron chi connectivity index (χ0n) is 15.5. The van der Waals surface area contributed by atoms with E-state index in [1.165, 1.54) is 6.07 Å². The number of fused-ring (bicyclic) bond motifs is 1. The number of nitrogens with one attached hydrogen (secondary N) is 1. The molecule has 1 atom stereocenters. The molecule has 0 spiro atoms. The first-order valence-corrected chi connectivity index (χ1v) is 9.94. The lowest BCUT2D eigenvalue weighted by atomic mass is 9.95. The van der Waals surface area contributed by atoms with Crippen molar-refractivity contribution in [2.75, 3.05) is 0 Å². The highest BCUT2D eigenvalue weighted by Gasteiger charge is 2.42. The molecule has 2 aromatic heterocycles. The van der Waals surface area contributed by atoms with Gasteiger partial charge in [-0.3, -0.25) is 9.89 Å². The Morgan fingerprint density at radius 3 is 2.60 bits per heavy atom. The Morgan fingerprint density at radius 2 is 1.87 bits per heavy atom. The minimum Gasteiger partial charge on any atom is -0.507 e. The number of hydrogen-bond donors (Lipinski definition) is 2. The first-order chi connectivity index (χ1) is 14.5. The normalized spacial score (nSPS) is 15.6. The Bertz CT molecular complexity index is 1230. The number of amides is 1. The van der Waals surface area contributed by atoms with Crippen molar-refractivity contribution in [1.82, 2.24) is 15.1 Å². The van der Waals surface area contributed by atoms with Gasteiger partial charge in [0.05, 0.1) is 18.8 Å². The van der Waals surface area contributed by atoms with Crippen LogP contribution < -0.4 is 0 Å². The summed E-state index contributed by atoms with van der Waals surface area (Å²) in [5, 5.41) is 18.7. The van der Waals surface area contributed by atoms with Gasteiger partial charge in [-0.15, -0.1) is 0 Å². The van der Waals surface area contributed by atoms with Crippen molar-refractivity contribution in [2.45, 2.75) is 12.6 Å². The Hall–Kier alpha value is -3.22. The number of H-pyrrole nitrogens is 1. The summed E-state index contributed by atoms with van der Waals surface area (Å²) in [6, 6.07) is 15.2. The number of rotatable bonds is 4. The van der Waals surface area contributed by atoms with E-state index in [0.717, 1.165) is 5.56 Å². The summed E-state index contributed by atoms with van der Waals surface area (Å²) < 4.78 is 5.47. The number of hydrogen-bond acceptors (Lipinski definition) is 4. The average Bonchev–Trinajstić information content (AvgIpc) is 3.45. The summed E-state index contributed by atoms with van der Waals surface area (Å²) in [5.41, 5.74) is 2.83. The molecule has 0 saturated heterocycles. The molecule has 1 aliphatic heterocycles. The molecule has 3 heterocycles. The van der Waals surface area contributed by atoms with Crippen LogP contribution in [0.4, 0.5) is 0 Å². The molecule has 0 saturated carbocycles. The smallest absolute Gasteiger partial charge is 0.273 e. The standard InChI is InChI=1S/C22H15Cl2N3O3/c23-13-5-3-12(4-6-13)21-18-19(16-10-14(24)7-8-17(16)28)25-26-20(18)22(29)27(21)11-15-2-1-9-30-15/h1-10,21,28H,11H2,(H,25,26). The minimum atomic E-state index is -0.443. The molecule has 0 aliphatic carbocycles. The monoisotopic (exact) mass is 439 g/mol. The van der Waals surface area contributed by atoms with Gasteiger partial charge in [0.25, 0.3) is 5.91 Å². The third-order valence-electron chi connectivity index (χ3n) is 5.17. The summed E-state index contributed by atoms with van der Waals surface area (Å²) in [7, 11) is 0. The molecule has 1 aliphatic rings. The summed E-state index contributed by atoms with van der Waals surface area (Å²) in [5.74, 6) is 0.481. The lowest BCUT2D eigenvalue weighted by Gasteiger charge is -2.25. The maximum absolute atomic E-state index is 13.3. The zero-order chi connectivity index (χ0) is 20.8. The molecule has 0 bridgehead atoms. The summed E-state index contributed by atoms with van der Waals surface area (Å²) in [6.07, 6.45) is 1.57. The fourth-order valence-electron chi connectivity index (χ4n) is 3.83. The lowest BCUT2D eigenvalue weighted by molar-refractivity contribution is 0.0717. The van der Waals surface area contributed by atoms with E-state index < -0.39 is 6.04 Å². The van der Waals surface area contributed by atoms with E-state index in [4.69, 9.17) is 27.6 Å². The van der Waals surface area contributed by atoms with Crippen molar-refractivity contribution >= 4 is 29.1 Å². The average molecular weight is 440 g/mol. The van der Waals surface area contributed by atoms with E-state index in [2.05, 4.69) is 10.2 Å². The Kier molecular flexibility index (Phi) is 4.53. The topological polar surface area (TPSA) is 82.4 Å². The second-order valence-electron chi connectivity index (χ2n) is 6.99. The Morgan fingerprint density at radius 1 is 1.10 bits per heavy atom. The molecular weight excluding hydrogens is 425 g/mol. The van der Waals surface area contributed by atoms with Crippen molar-refractivity contribution in [3.63, 3.8) is 0 Å². The molecular formula is C22H15Cl2N3O3. The van der Waals surface area contributed by atoms with Gasteiger partial charge < -0.3 is 14.4 Å². The van der Waals surface area contributed by atoms with Crippen LogP contribution in [-0.2, 0) is 6.54 Å². The maximum Gasteiger partial charge on any atom is 0.273 e. The highest BCUT2D eigenvalue weighted by atomic mass is 35.5. The first kappa shape index (κ1) is 18.8. The van der Waals surface area contributed by atoms with Crippen molar-refractivity contribution < 1.29 is 14.3 Å². The van der Waals surface area contributed by atoms with E-state index in [1.807, 2.05) is 18.2 Å². The van der Waals surface area contributed by atoms with Gasteiger partial charge in [-0.25, -0.2) is 0 Å². The number of halogens is 2.